The van der Waals surface area contributed by atoms with E-state index in [1.54, 1.807) is 6.20 Å². The van der Waals surface area contributed by atoms with Gasteiger partial charge in [0, 0.05) is 25.2 Å². The molecule has 0 aliphatic rings. The molecule has 1 heterocycles. The highest BCUT2D eigenvalue weighted by atomic mass is 16.1. The summed E-state index contributed by atoms with van der Waals surface area (Å²) >= 11 is 0. The van der Waals surface area contributed by atoms with E-state index in [-0.39, 0.29) is 0 Å². The van der Waals surface area contributed by atoms with E-state index in [1.165, 1.54) is 16.3 Å². The fraction of sp³-hybridized carbons (Fsp3) is 0.200. The number of aryl methyl sites for hydroxylation is 2. The topological polar surface area (TPSA) is 30.0 Å². The van der Waals surface area contributed by atoms with Crippen molar-refractivity contribution in [3.8, 4) is 0 Å². The molecule has 0 aliphatic carbocycles. The Morgan fingerprint density at radius 3 is 2.36 bits per heavy atom. The monoisotopic (exact) mass is 289 g/mol. The number of carbonyl (C=O) groups is 1. The lowest BCUT2D eigenvalue weighted by atomic mass is 10.0. The molecule has 0 spiro atoms. The molecule has 0 bridgehead atoms. The zero-order valence-corrected chi connectivity index (χ0v) is 12.5. The summed E-state index contributed by atoms with van der Waals surface area (Å²) in [5, 5.41) is 2.48. The summed E-state index contributed by atoms with van der Waals surface area (Å²) < 4.78 is 0. The Kier molecular flexibility index (Phi) is 4.59. The van der Waals surface area contributed by atoms with Gasteiger partial charge in [0.2, 0.25) is 0 Å². The van der Waals surface area contributed by atoms with Gasteiger partial charge in [0.25, 0.3) is 0 Å². The van der Waals surface area contributed by atoms with Crippen LogP contribution in [0.4, 0.5) is 0 Å². The van der Waals surface area contributed by atoms with Crippen LogP contribution in [0.15, 0.2) is 67.0 Å². The van der Waals surface area contributed by atoms with Crippen LogP contribution in [0.25, 0.3) is 10.8 Å². The molecular weight excluding hydrogens is 270 g/mol. The quantitative estimate of drug-likeness (QED) is 0.674. The average Bonchev–Trinajstić information content (AvgIpc) is 2.59. The minimum absolute atomic E-state index is 0.317. The number of ketones is 1. The van der Waals surface area contributed by atoms with Crippen LogP contribution in [-0.2, 0) is 17.6 Å². The van der Waals surface area contributed by atoms with Gasteiger partial charge in [-0.25, -0.2) is 0 Å². The van der Waals surface area contributed by atoms with Crippen LogP contribution in [0.5, 0.6) is 0 Å². The lowest BCUT2D eigenvalue weighted by molar-refractivity contribution is -0.119. The molecule has 0 atom stereocenters. The molecule has 22 heavy (non-hydrogen) atoms. The first-order valence-electron chi connectivity index (χ1n) is 7.69. The van der Waals surface area contributed by atoms with Gasteiger partial charge >= 0.3 is 0 Å². The smallest absolute Gasteiger partial charge is 0.133 e. The highest BCUT2D eigenvalue weighted by Crippen LogP contribution is 2.17. The van der Waals surface area contributed by atoms with Gasteiger partial charge in [0.1, 0.15) is 5.78 Å². The molecule has 0 unspecified atom stereocenters. The van der Waals surface area contributed by atoms with Crippen molar-refractivity contribution in [2.24, 2.45) is 0 Å². The summed E-state index contributed by atoms with van der Waals surface area (Å²) in [6, 6.07) is 18.7. The number of hydrogen-bond donors (Lipinski definition) is 0. The zero-order chi connectivity index (χ0) is 15.2. The summed E-state index contributed by atoms with van der Waals surface area (Å²) in [6.45, 7) is 0. The highest BCUT2D eigenvalue weighted by Gasteiger charge is 2.04. The van der Waals surface area contributed by atoms with Gasteiger partial charge in [0.05, 0.1) is 0 Å². The van der Waals surface area contributed by atoms with Crippen molar-refractivity contribution in [3.63, 3.8) is 0 Å². The molecule has 1 aromatic heterocycles. The molecule has 0 saturated carbocycles. The molecule has 3 aromatic rings. The lowest BCUT2D eigenvalue weighted by Gasteiger charge is -2.04. The van der Waals surface area contributed by atoms with Crippen molar-refractivity contribution in [2.75, 3.05) is 0 Å². The lowest BCUT2D eigenvalue weighted by Crippen LogP contribution is -2.02. The Hall–Kier alpha value is -2.48. The molecule has 0 radical (unpaired) electrons. The van der Waals surface area contributed by atoms with Crippen molar-refractivity contribution in [2.45, 2.75) is 25.7 Å². The number of carbonyl (C=O) groups excluding carboxylic acids is 1. The molecule has 110 valence electrons. The maximum atomic E-state index is 12.0. The molecule has 0 N–H and O–H groups in total. The molecule has 0 fully saturated rings. The zero-order valence-electron chi connectivity index (χ0n) is 12.5. The molecule has 0 saturated heterocycles. The van der Waals surface area contributed by atoms with Crippen LogP contribution < -0.4 is 0 Å². The second-order valence-electron chi connectivity index (χ2n) is 5.58. The predicted octanol–water partition coefficient (Wildman–Crippen LogP) is 4.37. The second-order valence-corrected chi connectivity index (χ2v) is 5.58. The van der Waals surface area contributed by atoms with Crippen molar-refractivity contribution in [3.05, 3.63) is 78.1 Å². The largest absolute Gasteiger partial charge is 0.300 e. The second kappa shape index (κ2) is 6.99. The summed E-state index contributed by atoms with van der Waals surface area (Å²) in [5.41, 5.74) is 2.36. The molecule has 2 heteroatoms. The van der Waals surface area contributed by atoms with Gasteiger partial charge in [-0.3, -0.25) is 9.78 Å². The van der Waals surface area contributed by atoms with Crippen molar-refractivity contribution in [1.82, 2.24) is 4.98 Å². The van der Waals surface area contributed by atoms with Crippen LogP contribution in [0, 0.1) is 0 Å². The molecular formula is C20H19NO. The third kappa shape index (κ3) is 3.79. The summed E-state index contributed by atoms with van der Waals surface area (Å²) in [4.78, 5) is 16.1. The normalized spacial score (nSPS) is 10.7. The van der Waals surface area contributed by atoms with Gasteiger partial charge in [-0.05, 0) is 40.8 Å². The van der Waals surface area contributed by atoms with E-state index < -0.39 is 0 Å². The van der Waals surface area contributed by atoms with Gasteiger partial charge in [-0.1, -0.05) is 48.5 Å². The standard InChI is InChI=1S/C20H19NO/c22-20(12-9-17-4-3-13-21-15-17)11-8-16-7-10-18-5-1-2-6-19(18)14-16/h1-7,10,13-15H,8-9,11-12H2. The van der Waals surface area contributed by atoms with E-state index in [9.17, 15) is 4.79 Å². The maximum Gasteiger partial charge on any atom is 0.133 e. The Morgan fingerprint density at radius 1 is 0.818 bits per heavy atom. The molecule has 0 aliphatic heterocycles. The number of pyridine rings is 1. The van der Waals surface area contributed by atoms with Gasteiger partial charge in [0.15, 0.2) is 0 Å². The predicted molar refractivity (Wildman–Crippen MR) is 89.8 cm³/mol. The number of fused-ring (bicyclic) bond motifs is 1. The maximum absolute atomic E-state index is 12.0. The first-order chi connectivity index (χ1) is 10.8. The minimum atomic E-state index is 0.317. The summed E-state index contributed by atoms with van der Waals surface area (Å²) in [7, 11) is 0. The van der Waals surface area contributed by atoms with E-state index in [0.717, 1.165) is 18.4 Å². The Morgan fingerprint density at radius 2 is 1.59 bits per heavy atom. The number of benzene rings is 2. The molecule has 3 rings (SSSR count). The minimum Gasteiger partial charge on any atom is -0.300 e. The average molecular weight is 289 g/mol. The molecule has 0 amide bonds. The van der Waals surface area contributed by atoms with Gasteiger partial charge < -0.3 is 0 Å². The van der Waals surface area contributed by atoms with Crippen molar-refractivity contribution in [1.29, 1.82) is 0 Å². The SMILES string of the molecule is O=C(CCc1cccnc1)CCc1ccc2ccccc2c1. The van der Waals surface area contributed by atoms with E-state index >= 15 is 0 Å². The van der Waals surface area contributed by atoms with E-state index in [1.807, 2.05) is 30.5 Å². The van der Waals surface area contributed by atoms with Crippen molar-refractivity contribution >= 4 is 16.6 Å². The number of rotatable bonds is 6. The molecule has 2 nitrogen and oxygen atoms in total. The van der Waals surface area contributed by atoms with Crippen LogP contribution >= 0.6 is 0 Å². The van der Waals surface area contributed by atoms with Crippen LogP contribution in [0.3, 0.4) is 0 Å². The number of nitrogens with zero attached hydrogens (tertiary/aromatic N) is 1. The third-order valence-corrected chi connectivity index (χ3v) is 3.92. The third-order valence-electron chi connectivity index (χ3n) is 3.92. The highest BCUT2D eigenvalue weighted by molar-refractivity contribution is 5.83. The summed E-state index contributed by atoms with van der Waals surface area (Å²) in [6.07, 6.45) is 6.39. The van der Waals surface area contributed by atoms with Crippen LogP contribution in [0.1, 0.15) is 24.0 Å². The Balaban J connectivity index is 1.53. The van der Waals surface area contributed by atoms with Gasteiger partial charge in [-0.15, -0.1) is 0 Å². The van der Waals surface area contributed by atoms with Crippen molar-refractivity contribution < 1.29 is 4.79 Å². The fourth-order valence-corrected chi connectivity index (χ4v) is 2.63. The summed E-state index contributed by atoms with van der Waals surface area (Å²) in [5.74, 6) is 0.317. The van der Waals surface area contributed by atoms with Gasteiger partial charge in [-0.2, -0.15) is 0 Å². The number of hydrogen-bond acceptors (Lipinski definition) is 2. The molecule has 2 aromatic carbocycles. The number of aromatic nitrogens is 1. The van der Waals surface area contributed by atoms with E-state index in [0.29, 0.717) is 18.6 Å². The fourth-order valence-electron chi connectivity index (χ4n) is 2.63. The van der Waals surface area contributed by atoms with Crippen LogP contribution in [0.2, 0.25) is 0 Å². The number of Topliss-reactive ketones (excluding diaryl/α,β-unsaturated/α-hetero) is 1. The first kappa shape index (κ1) is 14.5. The first-order valence-corrected chi connectivity index (χ1v) is 7.69. The van der Waals surface area contributed by atoms with Crippen LogP contribution in [-0.4, -0.2) is 10.8 Å². The van der Waals surface area contributed by atoms with E-state index in [4.69, 9.17) is 0 Å². The Labute approximate surface area is 130 Å². The Bertz CT molecular complexity index is 765. The van der Waals surface area contributed by atoms with E-state index in [2.05, 4.69) is 35.3 Å².